The third-order valence-electron chi connectivity index (χ3n) is 0. The van der Waals surface area contributed by atoms with Gasteiger partial charge in [-0.2, -0.15) is 0 Å². The summed E-state index contributed by atoms with van der Waals surface area (Å²) >= 11 is -1.75. The molecule has 0 aliphatic heterocycles. The van der Waals surface area contributed by atoms with Crippen molar-refractivity contribution in [2.24, 2.45) is 0 Å². The molecule has 9 heteroatoms. The molecular formula is C2H6Cl3CoINaO2Ru. The van der Waals surface area contributed by atoms with Crippen molar-refractivity contribution in [2.75, 3.05) is 0 Å². The van der Waals surface area contributed by atoms with E-state index in [1.807, 2.05) is 0 Å². The molecule has 0 saturated heterocycles. The number of hydrogen-bond donors (Lipinski definition) is 1. The van der Waals surface area contributed by atoms with E-state index < -0.39 is 18.9 Å². The maximum Gasteiger partial charge on any atom is 1.00 e. The second kappa shape index (κ2) is 23.2. The topological polar surface area (TPSA) is 37.3 Å². The minimum Gasteiger partial charge on any atom is -1.00 e. The zero-order valence-corrected chi connectivity index (χ0v) is 15.0. The molecule has 0 rings (SSSR count). The van der Waals surface area contributed by atoms with Crippen LogP contribution in [0.25, 0.3) is 0 Å². The van der Waals surface area contributed by atoms with Crippen LogP contribution in [0.1, 0.15) is 8.35 Å². The zero-order chi connectivity index (χ0) is 7.15. The fourth-order valence-electron chi connectivity index (χ4n) is 0. The molecule has 0 bridgehead atoms. The van der Waals surface area contributed by atoms with E-state index >= 15 is 0 Å². The van der Waals surface area contributed by atoms with Gasteiger partial charge >= 0.3 is 71.6 Å². The van der Waals surface area contributed by atoms with E-state index in [-0.39, 0.29) is 71.7 Å². The second-order valence-electron chi connectivity index (χ2n) is 0.671. The van der Waals surface area contributed by atoms with Crippen molar-refractivity contribution >= 4 is 59.0 Å². The Morgan fingerprint density at radius 1 is 1.45 bits per heavy atom. The summed E-state index contributed by atoms with van der Waals surface area (Å²) in [7, 11) is 14.8. The van der Waals surface area contributed by atoms with Gasteiger partial charge in [0.25, 0.3) is 5.97 Å². The number of aliphatic carboxylic acids is 1. The molecule has 0 amide bonds. The summed E-state index contributed by atoms with van der Waals surface area (Å²) in [5.74, 6) is -0.833. The molecule has 0 aromatic rings. The molecule has 0 heterocycles. The van der Waals surface area contributed by atoms with Gasteiger partial charge < -0.3 is 6.53 Å². The van der Waals surface area contributed by atoms with Gasteiger partial charge in [-0.3, -0.25) is 4.79 Å². The van der Waals surface area contributed by atoms with Gasteiger partial charge in [0.05, 0.1) is 0 Å². The molecule has 0 spiro atoms. The number of carbonyl (C=O) groups is 1. The summed E-state index contributed by atoms with van der Waals surface area (Å²) in [5.41, 5.74) is 0. The molecule has 0 unspecified atom stereocenters. The van der Waals surface area contributed by atoms with E-state index in [4.69, 9.17) is 39.0 Å². The summed E-state index contributed by atoms with van der Waals surface area (Å²) in [6.45, 7) is 1.08. The first-order valence-corrected chi connectivity index (χ1v) is 8.04. The van der Waals surface area contributed by atoms with Gasteiger partial charge in [0, 0.05) is 23.7 Å². The summed E-state index contributed by atoms with van der Waals surface area (Å²) in [4.78, 5) is 9.00. The SMILES string of the molecule is CC(=O)O.I.[Cl][Ru]([Cl])[Cl].[Co].[H-].[Na+]. The number of halogens is 4. The summed E-state index contributed by atoms with van der Waals surface area (Å²) in [6.07, 6.45) is 0. The van der Waals surface area contributed by atoms with Crippen LogP contribution in [0.2, 0.25) is 0 Å². The van der Waals surface area contributed by atoms with Crippen molar-refractivity contribution in [2.45, 2.75) is 6.92 Å². The van der Waals surface area contributed by atoms with Gasteiger partial charge in [-0.05, 0) is 0 Å². The Kier molecular flexibility index (Phi) is 61.7. The molecule has 0 fully saturated rings. The fraction of sp³-hybridized carbons (Fsp3) is 0.500. The summed E-state index contributed by atoms with van der Waals surface area (Å²) in [5, 5.41) is 7.42. The standard InChI is InChI=1S/C2H4O2.3ClH.Co.HI.Na.Ru.H/c1-2(3)4;;;;;;;;/h1H3,(H,3,4);3*1H;;1H;;;/q;;;;;;+1;+3;-1/p-3. The van der Waals surface area contributed by atoms with Crippen LogP contribution in [-0.2, 0) is 34.6 Å². The van der Waals surface area contributed by atoms with Gasteiger partial charge in [-0.1, -0.05) is 0 Å². The van der Waals surface area contributed by atoms with Crippen LogP contribution >= 0.6 is 53.0 Å². The minimum atomic E-state index is -1.75. The van der Waals surface area contributed by atoms with E-state index in [0.717, 1.165) is 6.92 Å². The molecule has 0 atom stereocenters. The van der Waals surface area contributed by atoms with Crippen molar-refractivity contribution in [3.05, 3.63) is 0 Å². The molecule has 0 aliphatic carbocycles. The summed E-state index contributed by atoms with van der Waals surface area (Å²) < 4.78 is 0. The van der Waals surface area contributed by atoms with E-state index in [1.165, 1.54) is 0 Å². The predicted octanol–water partition coefficient (Wildman–Crippen LogP) is -0.111. The Morgan fingerprint density at radius 3 is 1.45 bits per heavy atom. The van der Waals surface area contributed by atoms with Crippen LogP contribution in [0.15, 0.2) is 0 Å². The molecule has 11 heavy (non-hydrogen) atoms. The van der Waals surface area contributed by atoms with Crippen molar-refractivity contribution < 1.29 is 70.6 Å². The van der Waals surface area contributed by atoms with E-state index in [9.17, 15) is 0 Å². The first kappa shape index (κ1) is 29.2. The van der Waals surface area contributed by atoms with Gasteiger partial charge in [0.15, 0.2) is 0 Å². The molecule has 0 saturated carbocycles. The molecular weight excluding hydrogens is 472 g/mol. The number of carboxylic acids is 1. The third-order valence-corrected chi connectivity index (χ3v) is 0. The Bertz CT molecular complexity index is 78.6. The Hall–Kier alpha value is 3.20. The molecule has 1 radical (unpaired) electrons. The molecule has 0 aromatic carbocycles. The van der Waals surface area contributed by atoms with E-state index in [1.54, 1.807) is 0 Å². The van der Waals surface area contributed by atoms with Gasteiger partial charge in [-0.15, -0.1) is 24.0 Å². The van der Waals surface area contributed by atoms with Gasteiger partial charge in [-0.25, -0.2) is 0 Å². The Labute approximate surface area is 134 Å². The van der Waals surface area contributed by atoms with Crippen LogP contribution in [0.4, 0.5) is 0 Å². The van der Waals surface area contributed by atoms with Crippen molar-refractivity contribution in [3.63, 3.8) is 0 Å². The fourth-order valence-corrected chi connectivity index (χ4v) is 0. The summed E-state index contributed by atoms with van der Waals surface area (Å²) in [6, 6.07) is 0. The number of hydrogen-bond acceptors (Lipinski definition) is 1. The zero-order valence-electron chi connectivity index (χ0n) is 6.58. The predicted molar refractivity (Wildman–Crippen MR) is 47.4 cm³/mol. The van der Waals surface area contributed by atoms with Crippen LogP contribution in [0.5, 0.6) is 0 Å². The Balaban J connectivity index is -0.0000000112. The van der Waals surface area contributed by atoms with Crippen molar-refractivity contribution in [3.8, 4) is 0 Å². The smallest absolute Gasteiger partial charge is 1.00 e. The van der Waals surface area contributed by atoms with Gasteiger partial charge in [0.1, 0.15) is 0 Å². The van der Waals surface area contributed by atoms with Crippen LogP contribution in [0, 0.1) is 0 Å². The monoisotopic (exact) mass is 478 g/mol. The maximum absolute atomic E-state index is 9.00. The Morgan fingerprint density at radius 2 is 1.45 bits per heavy atom. The van der Waals surface area contributed by atoms with E-state index in [0.29, 0.717) is 0 Å². The minimum absolute atomic E-state index is 0. The average Bonchev–Trinajstić information content (AvgIpc) is 1.25. The second-order valence-corrected chi connectivity index (χ2v) is 8.59. The molecule has 0 aliphatic rings. The molecule has 72 valence electrons. The number of rotatable bonds is 0. The molecule has 1 N–H and O–H groups in total. The number of carboxylic acid groups (broad SMARTS) is 1. The molecule has 2 nitrogen and oxygen atoms in total. The largest absolute Gasteiger partial charge is 1.00 e. The normalized spacial score (nSPS) is 6.36. The quantitative estimate of drug-likeness (QED) is 0.390. The van der Waals surface area contributed by atoms with Crippen molar-refractivity contribution in [1.82, 2.24) is 0 Å². The first-order chi connectivity index (χ1) is 3.46. The van der Waals surface area contributed by atoms with Crippen LogP contribution < -0.4 is 29.6 Å². The average molecular weight is 478 g/mol. The first-order valence-electron chi connectivity index (χ1n) is 1.33. The third kappa shape index (κ3) is 162. The van der Waals surface area contributed by atoms with Gasteiger partial charge in [0.2, 0.25) is 0 Å². The van der Waals surface area contributed by atoms with Crippen molar-refractivity contribution in [1.29, 1.82) is 0 Å². The van der Waals surface area contributed by atoms with Crippen LogP contribution in [-0.4, -0.2) is 11.1 Å². The van der Waals surface area contributed by atoms with E-state index in [2.05, 4.69) is 0 Å². The molecule has 0 aromatic heterocycles. The maximum atomic E-state index is 9.00. The van der Waals surface area contributed by atoms with Crippen LogP contribution in [0.3, 0.4) is 0 Å².